The average molecular weight is 278 g/mol. The maximum Gasteiger partial charge on any atom is 0.412 e. The molecule has 0 saturated carbocycles. The van der Waals surface area contributed by atoms with Crippen LogP contribution in [0, 0.1) is 13.8 Å². The molecule has 1 N–H and O–H groups in total. The van der Waals surface area contributed by atoms with Crippen molar-refractivity contribution in [3.05, 3.63) is 23.3 Å². The fourth-order valence-electron chi connectivity index (χ4n) is 2.38. The van der Waals surface area contributed by atoms with Crippen LogP contribution >= 0.6 is 0 Å². The van der Waals surface area contributed by atoms with E-state index >= 15 is 0 Å². The Morgan fingerprint density at radius 2 is 1.70 bits per heavy atom. The Bertz CT molecular complexity index is 431. The Morgan fingerprint density at radius 3 is 2.15 bits per heavy atom. The fourth-order valence-corrected chi connectivity index (χ4v) is 2.38. The molecule has 1 aromatic rings. The maximum atomic E-state index is 11.6. The SMILES string of the molecule is CCCNC(=O)Oc1cc(C)c(N(CC)CC)c(C)c1. The number of carbonyl (C=O) groups excluding carboxylic acids is 1. The number of benzene rings is 1. The molecule has 0 heterocycles. The molecule has 4 heteroatoms. The summed E-state index contributed by atoms with van der Waals surface area (Å²) in [5.41, 5.74) is 3.50. The predicted molar refractivity (Wildman–Crippen MR) is 83.8 cm³/mol. The summed E-state index contributed by atoms with van der Waals surface area (Å²) in [6.45, 7) is 13.0. The number of hydrogen-bond acceptors (Lipinski definition) is 3. The van der Waals surface area contributed by atoms with Crippen molar-refractivity contribution in [1.29, 1.82) is 0 Å². The van der Waals surface area contributed by atoms with Gasteiger partial charge in [-0.1, -0.05) is 6.92 Å². The zero-order chi connectivity index (χ0) is 15.1. The first-order valence-electron chi connectivity index (χ1n) is 7.35. The second-order valence-corrected chi connectivity index (χ2v) is 4.89. The van der Waals surface area contributed by atoms with Gasteiger partial charge in [0.2, 0.25) is 0 Å². The van der Waals surface area contributed by atoms with Crippen LogP contribution in [0.1, 0.15) is 38.3 Å². The highest BCUT2D eigenvalue weighted by molar-refractivity contribution is 5.71. The van der Waals surface area contributed by atoms with Gasteiger partial charge in [-0.15, -0.1) is 0 Å². The van der Waals surface area contributed by atoms with Crippen molar-refractivity contribution in [3.63, 3.8) is 0 Å². The molecule has 0 saturated heterocycles. The lowest BCUT2D eigenvalue weighted by atomic mass is 10.1. The van der Waals surface area contributed by atoms with E-state index in [-0.39, 0.29) is 6.09 Å². The van der Waals surface area contributed by atoms with E-state index in [9.17, 15) is 4.79 Å². The molecule has 1 amide bonds. The standard InChI is InChI=1S/C16H26N2O2/c1-6-9-17-16(19)20-14-10-12(4)15(13(5)11-14)18(7-2)8-3/h10-11H,6-9H2,1-5H3,(H,17,19). The molecular formula is C16H26N2O2. The van der Waals surface area contributed by atoms with Gasteiger partial charge in [0.15, 0.2) is 0 Å². The summed E-state index contributed by atoms with van der Waals surface area (Å²) >= 11 is 0. The van der Waals surface area contributed by atoms with E-state index < -0.39 is 0 Å². The molecule has 0 spiro atoms. The second kappa shape index (κ2) is 7.78. The number of rotatable bonds is 6. The minimum absolute atomic E-state index is 0.388. The molecular weight excluding hydrogens is 252 g/mol. The summed E-state index contributed by atoms with van der Waals surface area (Å²) in [4.78, 5) is 13.9. The minimum Gasteiger partial charge on any atom is -0.410 e. The van der Waals surface area contributed by atoms with E-state index in [4.69, 9.17) is 4.74 Å². The highest BCUT2D eigenvalue weighted by Gasteiger charge is 2.12. The lowest BCUT2D eigenvalue weighted by Crippen LogP contribution is -2.27. The van der Waals surface area contributed by atoms with E-state index in [2.05, 4.69) is 37.9 Å². The van der Waals surface area contributed by atoms with Gasteiger partial charge in [0.25, 0.3) is 0 Å². The molecule has 4 nitrogen and oxygen atoms in total. The molecule has 112 valence electrons. The smallest absolute Gasteiger partial charge is 0.410 e. The minimum atomic E-state index is -0.388. The molecule has 0 unspecified atom stereocenters. The summed E-state index contributed by atoms with van der Waals surface area (Å²) < 4.78 is 5.31. The average Bonchev–Trinajstić information content (AvgIpc) is 2.40. The second-order valence-electron chi connectivity index (χ2n) is 4.89. The Morgan fingerprint density at radius 1 is 1.15 bits per heavy atom. The monoisotopic (exact) mass is 278 g/mol. The van der Waals surface area contributed by atoms with Gasteiger partial charge < -0.3 is 15.0 Å². The lowest BCUT2D eigenvalue weighted by Gasteiger charge is -2.25. The number of nitrogens with zero attached hydrogens (tertiary/aromatic N) is 1. The number of nitrogens with one attached hydrogen (secondary N) is 1. The Kier molecular flexibility index (Phi) is 6.36. The van der Waals surface area contributed by atoms with Crippen LogP contribution in [0.15, 0.2) is 12.1 Å². The largest absolute Gasteiger partial charge is 0.412 e. The van der Waals surface area contributed by atoms with Gasteiger partial charge in [-0.05, 0) is 57.4 Å². The summed E-state index contributed by atoms with van der Waals surface area (Å²) in [5.74, 6) is 0.601. The predicted octanol–water partition coefficient (Wildman–Crippen LogP) is 3.65. The van der Waals surface area contributed by atoms with Gasteiger partial charge in [0.1, 0.15) is 5.75 Å². The van der Waals surface area contributed by atoms with Crippen molar-refractivity contribution < 1.29 is 9.53 Å². The van der Waals surface area contributed by atoms with Crippen LogP contribution in [0.3, 0.4) is 0 Å². The normalized spacial score (nSPS) is 10.2. The fraction of sp³-hybridized carbons (Fsp3) is 0.562. The van der Waals surface area contributed by atoms with Crippen molar-refractivity contribution in [3.8, 4) is 5.75 Å². The number of ether oxygens (including phenoxy) is 1. The Labute approximate surface area is 122 Å². The van der Waals surface area contributed by atoms with Gasteiger partial charge in [0.05, 0.1) is 0 Å². The van der Waals surface area contributed by atoms with Crippen LogP contribution in [0.5, 0.6) is 5.75 Å². The highest BCUT2D eigenvalue weighted by atomic mass is 16.6. The number of hydrogen-bond donors (Lipinski definition) is 1. The van der Waals surface area contributed by atoms with Crippen molar-refractivity contribution in [1.82, 2.24) is 5.32 Å². The molecule has 0 radical (unpaired) electrons. The van der Waals surface area contributed by atoms with E-state index in [1.807, 2.05) is 19.1 Å². The van der Waals surface area contributed by atoms with E-state index in [1.165, 1.54) is 5.69 Å². The molecule has 0 aliphatic carbocycles. The number of anilines is 1. The summed E-state index contributed by atoms with van der Waals surface area (Å²) in [5, 5.41) is 2.71. The molecule has 0 bridgehead atoms. The van der Waals surface area contributed by atoms with Crippen LogP contribution in [-0.2, 0) is 0 Å². The molecule has 0 atom stereocenters. The zero-order valence-electron chi connectivity index (χ0n) is 13.2. The number of amides is 1. The van der Waals surface area contributed by atoms with Crippen molar-refractivity contribution in [2.75, 3.05) is 24.5 Å². The lowest BCUT2D eigenvalue weighted by molar-refractivity contribution is 0.200. The third-order valence-corrected chi connectivity index (χ3v) is 3.27. The molecule has 0 aliphatic heterocycles. The van der Waals surface area contributed by atoms with Crippen molar-refractivity contribution >= 4 is 11.8 Å². The molecule has 20 heavy (non-hydrogen) atoms. The van der Waals surface area contributed by atoms with Gasteiger partial charge in [0, 0.05) is 25.3 Å². The van der Waals surface area contributed by atoms with Crippen LogP contribution in [0.25, 0.3) is 0 Å². The van der Waals surface area contributed by atoms with Crippen molar-refractivity contribution in [2.45, 2.75) is 41.0 Å². The topological polar surface area (TPSA) is 41.6 Å². The highest BCUT2D eigenvalue weighted by Crippen LogP contribution is 2.29. The van der Waals surface area contributed by atoms with Crippen LogP contribution in [0.2, 0.25) is 0 Å². The third kappa shape index (κ3) is 4.15. The van der Waals surface area contributed by atoms with E-state index in [0.29, 0.717) is 12.3 Å². The van der Waals surface area contributed by atoms with E-state index in [0.717, 1.165) is 30.6 Å². The van der Waals surface area contributed by atoms with E-state index in [1.54, 1.807) is 0 Å². The molecule has 0 aromatic heterocycles. The molecule has 0 aliphatic rings. The Hall–Kier alpha value is -1.71. The van der Waals surface area contributed by atoms with Gasteiger partial charge in [-0.2, -0.15) is 0 Å². The maximum absolute atomic E-state index is 11.6. The number of aryl methyl sites for hydroxylation is 2. The molecule has 0 fully saturated rings. The van der Waals surface area contributed by atoms with Gasteiger partial charge >= 0.3 is 6.09 Å². The first-order chi connectivity index (χ1) is 9.53. The van der Waals surface area contributed by atoms with Gasteiger partial charge in [-0.3, -0.25) is 0 Å². The van der Waals surface area contributed by atoms with Crippen LogP contribution in [0.4, 0.5) is 10.5 Å². The summed E-state index contributed by atoms with van der Waals surface area (Å²) in [6.07, 6.45) is 0.509. The summed E-state index contributed by atoms with van der Waals surface area (Å²) in [7, 11) is 0. The summed E-state index contributed by atoms with van der Waals surface area (Å²) in [6, 6.07) is 3.85. The van der Waals surface area contributed by atoms with Crippen molar-refractivity contribution in [2.24, 2.45) is 0 Å². The quantitative estimate of drug-likeness (QED) is 0.863. The zero-order valence-corrected chi connectivity index (χ0v) is 13.2. The third-order valence-electron chi connectivity index (χ3n) is 3.27. The first-order valence-corrected chi connectivity index (χ1v) is 7.35. The Balaban J connectivity index is 2.90. The van der Waals surface area contributed by atoms with Gasteiger partial charge in [-0.25, -0.2) is 4.79 Å². The molecule has 1 rings (SSSR count). The molecule has 1 aromatic carbocycles. The number of carbonyl (C=O) groups is 1. The van der Waals surface area contributed by atoms with Crippen LogP contribution < -0.4 is 15.0 Å². The first kappa shape index (κ1) is 16.3. The van der Waals surface area contributed by atoms with Crippen LogP contribution in [-0.4, -0.2) is 25.7 Å².